The minimum Gasteiger partial charge on any atom is -0.461 e. The average molecular weight is 382 g/mol. The number of amides is 1. The molecule has 2 aromatic heterocycles. The molecule has 3 aromatic rings. The number of furan rings is 1. The number of nitrogens with zero attached hydrogens (tertiary/aromatic N) is 3. The van der Waals surface area contributed by atoms with Crippen LogP contribution in [0.2, 0.25) is 0 Å². The molecule has 0 atom stereocenters. The lowest BCUT2D eigenvalue weighted by atomic mass is 10.1. The predicted molar refractivity (Wildman–Crippen MR) is 104 cm³/mol. The third-order valence-corrected chi connectivity index (χ3v) is 4.64. The number of hydrogen-bond donors (Lipinski definition) is 1. The number of hydrogen-bond acceptors (Lipinski definition) is 6. The number of aromatic nitrogens is 3. The van der Waals surface area contributed by atoms with Gasteiger partial charge in [-0.2, -0.15) is 0 Å². The summed E-state index contributed by atoms with van der Waals surface area (Å²) in [6.07, 6.45) is 3.30. The van der Waals surface area contributed by atoms with E-state index in [9.17, 15) is 9.59 Å². The highest BCUT2D eigenvalue weighted by atomic mass is 32.2. The Labute approximate surface area is 160 Å². The fraction of sp³-hybridized carbons (Fsp3) is 0.158. The zero-order chi connectivity index (χ0) is 19.2. The van der Waals surface area contributed by atoms with Gasteiger partial charge in [0.25, 0.3) is 0 Å². The van der Waals surface area contributed by atoms with E-state index in [1.54, 1.807) is 48.7 Å². The summed E-state index contributed by atoms with van der Waals surface area (Å²) in [6, 6.07) is 10.3. The van der Waals surface area contributed by atoms with Crippen LogP contribution in [0.4, 0.5) is 5.69 Å². The molecule has 0 aliphatic carbocycles. The van der Waals surface area contributed by atoms with Gasteiger partial charge in [-0.25, -0.2) is 0 Å². The molecule has 27 heavy (non-hydrogen) atoms. The molecule has 3 rings (SSSR count). The largest absolute Gasteiger partial charge is 0.461 e. The number of Topliss-reactive ketones (excluding diaryl/α,β-unsaturated/α-hetero) is 1. The van der Waals surface area contributed by atoms with E-state index in [0.717, 1.165) is 0 Å². The zero-order valence-electron chi connectivity index (χ0n) is 14.7. The fourth-order valence-electron chi connectivity index (χ4n) is 2.39. The van der Waals surface area contributed by atoms with Gasteiger partial charge in [0.15, 0.2) is 16.7 Å². The molecule has 7 nitrogen and oxygen atoms in total. The van der Waals surface area contributed by atoms with Crippen LogP contribution in [0.5, 0.6) is 0 Å². The number of ketones is 1. The average Bonchev–Trinajstić information content (AvgIpc) is 3.30. The van der Waals surface area contributed by atoms with Gasteiger partial charge in [0.1, 0.15) is 0 Å². The van der Waals surface area contributed by atoms with E-state index in [0.29, 0.717) is 34.5 Å². The van der Waals surface area contributed by atoms with Crippen LogP contribution in [0, 0.1) is 0 Å². The molecule has 0 spiro atoms. The fourth-order valence-corrected chi connectivity index (χ4v) is 3.14. The Hall–Kier alpha value is -3.13. The molecule has 0 radical (unpaired) electrons. The highest BCUT2D eigenvalue weighted by molar-refractivity contribution is 7.99. The molecule has 2 heterocycles. The number of benzene rings is 1. The van der Waals surface area contributed by atoms with Gasteiger partial charge >= 0.3 is 0 Å². The van der Waals surface area contributed by atoms with E-state index in [1.165, 1.54) is 18.7 Å². The lowest BCUT2D eigenvalue weighted by Gasteiger charge is -2.07. The van der Waals surface area contributed by atoms with Crippen molar-refractivity contribution in [1.82, 2.24) is 14.8 Å². The van der Waals surface area contributed by atoms with Crippen molar-refractivity contribution >= 4 is 29.1 Å². The topological polar surface area (TPSA) is 90.0 Å². The van der Waals surface area contributed by atoms with Crippen LogP contribution in [-0.4, -0.2) is 32.2 Å². The number of nitrogens with one attached hydrogen (secondary N) is 1. The van der Waals surface area contributed by atoms with Crippen LogP contribution in [0.25, 0.3) is 11.6 Å². The van der Waals surface area contributed by atoms with Crippen LogP contribution < -0.4 is 5.32 Å². The Balaban J connectivity index is 1.64. The highest BCUT2D eigenvalue weighted by Crippen LogP contribution is 2.24. The van der Waals surface area contributed by atoms with E-state index in [2.05, 4.69) is 22.1 Å². The smallest absolute Gasteiger partial charge is 0.234 e. The molecule has 138 valence electrons. The van der Waals surface area contributed by atoms with E-state index in [1.807, 2.05) is 4.57 Å². The van der Waals surface area contributed by atoms with Gasteiger partial charge in [-0.3, -0.25) is 14.2 Å². The monoisotopic (exact) mass is 382 g/mol. The lowest BCUT2D eigenvalue weighted by molar-refractivity contribution is -0.113. The molecular formula is C19H18N4O3S. The summed E-state index contributed by atoms with van der Waals surface area (Å²) in [5.41, 5.74) is 1.24. The van der Waals surface area contributed by atoms with E-state index >= 15 is 0 Å². The molecule has 0 saturated heterocycles. The third kappa shape index (κ3) is 4.53. The van der Waals surface area contributed by atoms with E-state index < -0.39 is 0 Å². The molecule has 0 aliphatic rings. The van der Waals surface area contributed by atoms with Crippen molar-refractivity contribution in [3.8, 4) is 11.6 Å². The van der Waals surface area contributed by atoms with Gasteiger partial charge in [0.2, 0.25) is 11.7 Å². The van der Waals surface area contributed by atoms with Crippen molar-refractivity contribution in [2.24, 2.45) is 0 Å². The van der Waals surface area contributed by atoms with Crippen molar-refractivity contribution in [3.05, 3.63) is 60.9 Å². The SMILES string of the molecule is C=CCn1c(SCC(=O)Nc2ccc(C(C)=O)cc2)nnc1-c1ccco1. The lowest BCUT2D eigenvalue weighted by Crippen LogP contribution is -2.14. The maximum Gasteiger partial charge on any atom is 0.234 e. The second-order valence-corrected chi connectivity index (χ2v) is 6.60. The van der Waals surface area contributed by atoms with E-state index in [4.69, 9.17) is 4.42 Å². The molecule has 0 fully saturated rings. The van der Waals surface area contributed by atoms with Crippen molar-refractivity contribution in [3.63, 3.8) is 0 Å². The van der Waals surface area contributed by atoms with Crippen LogP contribution in [0.1, 0.15) is 17.3 Å². The molecule has 0 saturated carbocycles. The molecule has 8 heteroatoms. The van der Waals surface area contributed by atoms with Gasteiger partial charge < -0.3 is 9.73 Å². The first-order valence-electron chi connectivity index (χ1n) is 8.20. The summed E-state index contributed by atoms with van der Waals surface area (Å²) in [4.78, 5) is 23.5. The molecule has 1 amide bonds. The number of rotatable bonds is 8. The summed E-state index contributed by atoms with van der Waals surface area (Å²) < 4.78 is 7.22. The summed E-state index contributed by atoms with van der Waals surface area (Å²) in [7, 11) is 0. The minimum atomic E-state index is -0.178. The molecule has 0 bridgehead atoms. The first-order chi connectivity index (χ1) is 13.1. The minimum absolute atomic E-state index is 0.0163. The van der Waals surface area contributed by atoms with Crippen LogP contribution in [0.15, 0.2) is 64.9 Å². The number of carbonyl (C=O) groups is 2. The quantitative estimate of drug-likeness (QED) is 0.363. The normalized spacial score (nSPS) is 10.6. The number of carbonyl (C=O) groups excluding carboxylic acids is 2. The maximum atomic E-state index is 12.2. The molecule has 1 aromatic carbocycles. The Kier molecular flexibility index (Phi) is 5.87. The molecule has 1 N–H and O–H groups in total. The van der Waals surface area contributed by atoms with Crippen LogP contribution in [0.3, 0.4) is 0 Å². The first kappa shape index (κ1) is 18.7. The maximum absolute atomic E-state index is 12.2. The molecular weight excluding hydrogens is 364 g/mol. The number of anilines is 1. The Bertz CT molecular complexity index is 946. The van der Waals surface area contributed by atoms with Crippen molar-refractivity contribution in [2.75, 3.05) is 11.1 Å². The predicted octanol–water partition coefficient (Wildman–Crippen LogP) is 3.66. The van der Waals surface area contributed by atoms with Gasteiger partial charge in [-0.05, 0) is 43.3 Å². The highest BCUT2D eigenvalue weighted by Gasteiger charge is 2.16. The summed E-state index contributed by atoms with van der Waals surface area (Å²) >= 11 is 1.27. The Morgan fingerprint density at radius 2 is 2.04 bits per heavy atom. The molecule has 0 aliphatic heterocycles. The second-order valence-electron chi connectivity index (χ2n) is 5.65. The van der Waals surface area contributed by atoms with Crippen molar-refractivity contribution in [2.45, 2.75) is 18.6 Å². The zero-order valence-corrected chi connectivity index (χ0v) is 15.5. The Morgan fingerprint density at radius 1 is 1.26 bits per heavy atom. The Morgan fingerprint density at radius 3 is 2.67 bits per heavy atom. The summed E-state index contributed by atoms with van der Waals surface area (Å²) in [5.74, 6) is 1.16. The number of allylic oxidation sites excluding steroid dienone is 1. The van der Waals surface area contributed by atoms with Crippen LogP contribution in [-0.2, 0) is 11.3 Å². The summed E-state index contributed by atoms with van der Waals surface area (Å²) in [5, 5.41) is 11.7. The first-order valence-corrected chi connectivity index (χ1v) is 9.18. The van der Waals surface area contributed by atoms with Gasteiger partial charge in [-0.1, -0.05) is 17.8 Å². The van der Waals surface area contributed by atoms with Crippen LogP contribution >= 0.6 is 11.8 Å². The van der Waals surface area contributed by atoms with Crippen molar-refractivity contribution in [1.29, 1.82) is 0 Å². The standard InChI is InChI=1S/C19H18N4O3S/c1-3-10-23-18(16-5-4-11-26-16)21-22-19(23)27-12-17(25)20-15-8-6-14(7-9-15)13(2)24/h3-9,11H,1,10,12H2,2H3,(H,20,25). The second kappa shape index (κ2) is 8.50. The molecule has 0 unspecified atom stereocenters. The number of thioether (sulfide) groups is 1. The van der Waals surface area contributed by atoms with Gasteiger partial charge in [0.05, 0.1) is 12.0 Å². The third-order valence-electron chi connectivity index (χ3n) is 3.68. The van der Waals surface area contributed by atoms with E-state index in [-0.39, 0.29) is 17.4 Å². The van der Waals surface area contributed by atoms with Gasteiger partial charge in [-0.15, -0.1) is 16.8 Å². The summed E-state index contributed by atoms with van der Waals surface area (Å²) in [6.45, 7) is 5.75. The van der Waals surface area contributed by atoms with Crippen molar-refractivity contribution < 1.29 is 14.0 Å². The van der Waals surface area contributed by atoms with Gasteiger partial charge in [0, 0.05) is 17.8 Å².